The monoisotopic (exact) mass is 564 g/mol. The summed E-state index contributed by atoms with van der Waals surface area (Å²) in [6.45, 7) is 3.57. The van der Waals surface area contributed by atoms with Crippen molar-refractivity contribution in [2.75, 3.05) is 32.5 Å². The van der Waals surface area contributed by atoms with Gasteiger partial charge in [-0.1, -0.05) is 0 Å². The molecule has 5 nitrogen and oxygen atoms in total. The van der Waals surface area contributed by atoms with Crippen LogP contribution in [0.4, 0.5) is 17.6 Å². The van der Waals surface area contributed by atoms with E-state index in [-0.39, 0.29) is 17.7 Å². The molecular formula is C29H32F4N2O3S. The summed E-state index contributed by atoms with van der Waals surface area (Å²) in [5.74, 6) is -2.70. The van der Waals surface area contributed by atoms with Crippen molar-refractivity contribution in [2.45, 2.75) is 50.1 Å². The van der Waals surface area contributed by atoms with Crippen molar-refractivity contribution >= 4 is 28.6 Å². The molecule has 2 aromatic carbocycles. The van der Waals surface area contributed by atoms with Gasteiger partial charge in [0.15, 0.2) is 0 Å². The molecule has 1 fully saturated rings. The lowest BCUT2D eigenvalue weighted by atomic mass is 9.71. The maximum Gasteiger partial charge on any atom is 0.303 e. The molecule has 210 valence electrons. The highest BCUT2D eigenvalue weighted by Gasteiger charge is 2.37. The smallest absolute Gasteiger partial charge is 0.303 e. The second-order valence-electron chi connectivity index (χ2n) is 10.2. The fraction of sp³-hybridized carbons (Fsp3) is 0.448. The summed E-state index contributed by atoms with van der Waals surface area (Å²) in [6.07, 6.45) is 2.09. The number of ether oxygens (including phenoxy) is 1. The van der Waals surface area contributed by atoms with Crippen molar-refractivity contribution < 1.29 is 32.2 Å². The number of carbonyl (C=O) groups is 1. The number of aliphatic carboxylic acids is 1. The van der Waals surface area contributed by atoms with Gasteiger partial charge in [-0.3, -0.25) is 9.78 Å². The molecule has 3 aromatic rings. The van der Waals surface area contributed by atoms with E-state index in [9.17, 15) is 23.1 Å². The lowest BCUT2D eigenvalue weighted by Crippen LogP contribution is -2.42. The normalized spacial score (nSPS) is 16.4. The number of aryl methyl sites for hydroxylation is 1. The van der Waals surface area contributed by atoms with E-state index < -0.39 is 35.0 Å². The Kier molecular flexibility index (Phi) is 9.38. The van der Waals surface area contributed by atoms with E-state index in [2.05, 4.69) is 9.88 Å². The van der Waals surface area contributed by atoms with Crippen LogP contribution in [0.2, 0.25) is 0 Å². The van der Waals surface area contributed by atoms with Crippen molar-refractivity contribution in [3.05, 3.63) is 65.1 Å². The van der Waals surface area contributed by atoms with Gasteiger partial charge >= 0.3 is 5.97 Å². The SMILES string of the molecule is COc1ccc2ncc(C)c([C@@H](F)CCC3(CC(=O)O)CCN(CCSc4c(F)cc(F)cc4F)CC3)c2c1. The number of thioether (sulfide) groups is 1. The van der Waals surface area contributed by atoms with E-state index in [1.165, 1.54) is 0 Å². The second-order valence-corrected chi connectivity index (χ2v) is 11.3. The van der Waals surface area contributed by atoms with Crippen molar-refractivity contribution in [2.24, 2.45) is 5.41 Å². The Bertz CT molecular complexity index is 1310. The molecule has 1 aliphatic heterocycles. The second kappa shape index (κ2) is 12.6. The van der Waals surface area contributed by atoms with Crippen LogP contribution < -0.4 is 4.74 Å². The van der Waals surface area contributed by atoms with Gasteiger partial charge in [-0.15, -0.1) is 11.8 Å². The molecule has 1 N–H and O–H groups in total. The number of halogens is 4. The van der Waals surface area contributed by atoms with Gasteiger partial charge in [0.2, 0.25) is 0 Å². The minimum Gasteiger partial charge on any atom is -0.497 e. The molecular weight excluding hydrogens is 532 g/mol. The van der Waals surface area contributed by atoms with E-state index in [4.69, 9.17) is 4.74 Å². The predicted octanol–water partition coefficient (Wildman–Crippen LogP) is 7.11. The van der Waals surface area contributed by atoms with Gasteiger partial charge < -0.3 is 14.7 Å². The summed E-state index contributed by atoms with van der Waals surface area (Å²) in [5.41, 5.74) is 1.42. The fourth-order valence-electron chi connectivity index (χ4n) is 5.44. The Balaban J connectivity index is 1.39. The molecule has 2 heterocycles. The molecule has 1 atom stereocenters. The molecule has 0 radical (unpaired) electrons. The van der Waals surface area contributed by atoms with E-state index in [0.29, 0.717) is 79.0 Å². The van der Waals surface area contributed by atoms with Gasteiger partial charge in [-0.2, -0.15) is 0 Å². The Hall–Kier alpha value is -2.85. The van der Waals surface area contributed by atoms with Crippen LogP contribution in [-0.2, 0) is 4.79 Å². The van der Waals surface area contributed by atoms with Gasteiger partial charge in [0.1, 0.15) is 29.4 Å². The quantitative estimate of drug-likeness (QED) is 0.198. The first-order chi connectivity index (χ1) is 18.6. The Morgan fingerprint density at radius 1 is 1.18 bits per heavy atom. The number of piperidine rings is 1. The van der Waals surface area contributed by atoms with Gasteiger partial charge in [0, 0.05) is 36.0 Å². The van der Waals surface area contributed by atoms with Crippen LogP contribution in [0, 0.1) is 29.8 Å². The highest BCUT2D eigenvalue weighted by Crippen LogP contribution is 2.43. The molecule has 4 rings (SSSR count). The minimum absolute atomic E-state index is 0.0434. The molecule has 1 saturated heterocycles. The fourth-order valence-corrected chi connectivity index (χ4v) is 6.39. The Labute approximate surface area is 229 Å². The summed E-state index contributed by atoms with van der Waals surface area (Å²) < 4.78 is 62.1. The van der Waals surface area contributed by atoms with Crippen LogP contribution in [0.25, 0.3) is 10.9 Å². The minimum atomic E-state index is -1.29. The lowest BCUT2D eigenvalue weighted by molar-refractivity contribution is -0.141. The third-order valence-corrected chi connectivity index (χ3v) is 8.68. The number of rotatable bonds is 11. The molecule has 1 aromatic heterocycles. The number of pyridine rings is 1. The average molecular weight is 565 g/mol. The number of carboxylic acids is 1. The number of fused-ring (bicyclic) bond motifs is 1. The summed E-state index contributed by atoms with van der Waals surface area (Å²) in [7, 11) is 1.55. The summed E-state index contributed by atoms with van der Waals surface area (Å²) in [4.78, 5) is 18.1. The van der Waals surface area contributed by atoms with Crippen molar-refractivity contribution in [1.29, 1.82) is 0 Å². The number of hydrogen-bond donors (Lipinski definition) is 1. The van der Waals surface area contributed by atoms with Gasteiger partial charge in [0.25, 0.3) is 0 Å². The van der Waals surface area contributed by atoms with E-state index in [1.807, 2.05) is 6.92 Å². The van der Waals surface area contributed by atoms with Crippen LogP contribution in [0.1, 0.15) is 49.4 Å². The topological polar surface area (TPSA) is 62.7 Å². The third kappa shape index (κ3) is 7.03. The van der Waals surface area contributed by atoms with E-state index >= 15 is 4.39 Å². The molecule has 1 aliphatic rings. The number of methoxy groups -OCH3 is 1. The molecule has 0 aliphatic carbocycles. The first-order valence-corrected chi connectivity index (χ1v) is 13.9. The Morgan fingerprint density at radius 2 is 1.87 bits per heavy atom. The maximum absolute atomic E-state index is 15.8. The van der Waals surface area contributed by atoms with Crippen molar-refractivity contribution in [3.63, 3.8) is 0 Å². The standard InChI is InChI=1S/C29H32F4N2O3S/c1-18-17-34-25-4-3-20(38-2)15-21(25)27(18)22(31)5-6-29(16-26(36)37)7-9-35(10-8-29)11-12-39-28-23(32)13-19(30)14-24(28)33/h3-4,13-15,17,22H,5-12,16H2,1-2H3,(H,36,37)/t22-/m0/s1. The largest absolute Gasteiger partial charge is 0.497 e. The third-order valence-electron chi connectivity index (χ3n) is 7.62. The zero-order valence-electron chi connectivity index (χ0n) is 22.0. The number of benzene rings is 2. The molecule has 0 bridgehead atoms. The highest BCUT2D eigenvalue weighted by molar-refractivity contribution is 7.99. The first-order valence-electron chi connectivity index (χ1n) is 12.9. The summed E-state index contributed by atoms with van der Waals surface area (Å²) in [5, 5.41) is 10.3. The molecule has 10 heteroatoms. The highest BCUT2D eigenvalue weighted by atomic mass is 32.2. The number of carboxylic acid groups (broad SMARTS) is 1. The predicted molar refractivity (Wildman–Crippen MR) is 144 cm³/mol. The maximum atomic E-state index is 15.8. The summed E-state index contributed by atoms with van der Waals surface area (Å²) >= 11 is 0.987. The summed E-state index contributed by atoms with van der Waals surface area (Å²) in [6, 6.07) is 6.68. The molecule has 39 heavy (non-hydrogen) atoms. The molecule has 0 unspecified atom stereocenters. The zero-order chi connectivity index (χ0) is 28.2. The Morgan fingerprint density at radius 3 is 2.51 bits per heavy atom. The van der Waals surface area contributed by atoms with Gasteiger partial charge in [-0.25, -0.2) is 17.6 Å². The number of hydrogen-bond acceptors (Lipinski definition) is 5. The van der Waals surface area contributed by atoms with E-state index in [1.54, 1.807) is 31.5 Å². The molecule has 0 amide bonds. The lowest BCUT2D eigenvalue weighted by Gasteiger charge is -2.41. The van der Waals surface area contributed by atoms with Gasteiger partial charge in [-0.05, 0) is 80.4 Å². The van der Waals surface area contributed by atoms with Gasteiger partial charge in [0.05, 0.1) is 23.9 Å². The number of likely N-dealkylation sites (tertiary alicyclic amines) is 1. The number of nitrogens with zero attached hydrogens (tertiary/aromatic N) is 2. The van der Waals surface area contributed by atoms with Crippen LogP contribution in [0.15, 0.2) is 41.4 Å². The molecule has 0 spiro atoms. The van der Waals surface area contributed by atoms with Crippen molar-refractivity contribution in [1.82, 2.24) is 9.88 Å². The van der Waals surface area contributed by atoms with E-state index in [0.717, 1.165) is 17.3 Å². The zero-order valence-corrected chi connectivity index (χ0v) is 22.8. The van der Waals surface area contributed by atoms with Crippen molar-refractivity contribution in [3.8, 4) is 5.75 Å². The number of alkyl halides is 1. The first kappa shape index (κ1) is 29.1. The van der Waals surface area contributed by atoms with Crippen LogP contribution >= 0.6 is 11.8 Å². The van der Waals surface area contributed by atoms with Crippen LogP contribution in [-0.4, -0.2) is 53.5 Å². The average Bonchev–Trinajstić information content (AvgIpc) is 2.89. The van der Waals surface area contributed by atoms with Crippen LogP contribution in [0.5, 0.6) is 5.75 Å². The molecule has 0 saturated carbocycles. The number of aromatic nitrogens is 1. The van der Waals surface area contributed by atoms with Crippen LogP contribution in [0.3, 0.4) is 0 Å².